The summed E-state index contributed by atoms with van der Waals surface area (Å²) in [6.45, 7) is 0. The van der Waals surface area contributed by atoms with Crippen LogP contribution in [0.15, 0.2) is 23.1 Å². The Balaban J connectivity index is 1.91. The predicted molar refractivity (Wildman–Crippen MR) is 45.5 cm³/mol. The Kier molecular flexibility index (Phi) is 2.09. The molecule has 8 nitrogen and oxygen atoms in total. The minimum Gasteiger partial charge on any atom is -0.338 e. The molecule has 8 heteroatoms. The zero-order valence-corrected chi connectivity index (χ0v) is 6.89. The van der Waals surface area contributed by atoms with E-state index in [1.807, 2.05) is 0 Å². The van der Waals surface area contributed by atoms with Gasteiger partial charge in [0.15, 0.2) is 0 Å². The van der Waals surface area contributed by atoms with Crippen LogP contribution in [0.5, 0.6) is 0 Å². The molecule has 2 amide bonds. The molecule has 0 saturated heterocycles. The average Bonchev–Trinajstić information content (AvgIpc) is 2.76. The number of rotatable bonds is 2. The maximum atomic E-state index is 11.2. The molecule has 0 aliphatic rings. The van der Waals surface area contributed by atoms with Crippen LogP contribution in [0.4, 0.5) is 16.6 Å². The van der Waals surface area contributed by atoms with E-state index in [2.05, 4.69) is 35.5 Å². The largest absolute Gasteiger partial charge is 0.338 e. The minimum atomic E-state index is -0.487. The lowest BCUT2D eigenvalue weighted by atomic mass is 10.6. The highest BCUT2D eigenvalue weighted by molar-refractivity contribution is 5.97. The summed E-state index contributed by atoms with van der Waals surface area (Å²) in [6.07, 6.45) is 2.70. The van der Waals surface area contributed by atoms with Crippen LogP contribution >= 0.6 is 0 Å². The Morgan fingerprint density at radius 1 is 1.50 bits per heavy atom. The van der Waals surface area contributed by atoms with Gasteiger partial charge < -0.3 is 4.52 Å². The second kappa shape index (κ2) is 3.56. The molecule has 2 aromatic heterocycles. The Bertz CT molecular complexity index is 356. The van der Waals surface area contributed by atoms with E-state index in [9.17, 15) is 4.79 Å². The topological polar surface area (TPSA) is 109 Å². The first-order valence-electron chi connectivity index (χ1n) is 3.68. The molecule has 2 rings (SSSR count). The summed E-state index contributed by atoms with van der Waals surface area (Å²) < 4.78 is 4.66. The molecule has 0 radical (unpaired) electrons. The number of carbonyl (C=O) groups excluding carboxylic acids is 1. The number of nitrogens with one attached hydrogen (secondary N) is 3. The van der Waals surface area contributed by atoms with Gasteiger partial charge in [-0.1, -0.05) is 5.16 Å². The van der Waals surface area contributed by atoms with Gasteiger partial charge in [-0.3, -0.25) is 10.6 Å². The van der Waals surface area contributed by atoms with Crippen molar-refractivity contribution in [1.82, 2.24) is 20.3 Å². The van der Waals surface area contributed by atoms with E-state index < -0.39 is 6.03 Å². The maximum absolute atomic E-state index is 11.2. The number of aromatic nitrogens is 4. The molecule has 2 aromatic rings. The van der Waals surface area contributed by atoms with Crippen LogP contribution in [0.1, 0.15) is 0 Å². The lowest BCUT2D eigenvalue weighted by Crippen LogP contribution is -2.19. The summed E-state index contributed by atoms with van der Waals surface area (Å²) in [5.74, 6) is 0.504. The van der Waals surface area contributed by atoms with E-state index in [0.29, 0.717) is 0 Å². The second-order valence-corrected chi connectivity index (χ2v) is 2.29. The fourth-order valence-corrected chi connectivity index (χ4v) is 0.797. The second-order valence-electron chi connectivity index (χ2n) is 2.29. The number of hydrogen-bond donors (Lipinski definition) is 3. The van der Waals surface area contributed by atoms with Crippen LogP contribution in [0, 0.1) is 0 Å². The zero-order valence-electron chi connectivity index (χ0n) is 6.89. The molecule has 0 aliphatic heterocycles. The van der Waals surface area contributed by atoms with E-state index in [1.54, 1.807) is 0 Å². The molecule has 0 fully saturated rings. The predicted octanol–water partition coefficient (Wildman–Crippen LogP) is 0.437. The summed E-state index contributed by atoms with van der Waals surface area (Å²) in [6, 6.07) is 1.03. The molecule has 72 valence electrons. The van der Waals surface area contributed by atoms with Crippen molar-refractivity contribution in [3.63, 3.8) is 0 Å². The maximum Gasteiger partial charge on any atom is 0.328 e. The van der Waals surface area contributed by atoms with E-state index in [0.717, 1.165) is 0 Å². The van der Waals surface area contributed by atoms with Crippen molar-refractivity contribution < 1.29 is 9.32 Å². The minimum absolute atomic E-state index is 0.252. The number of amides is 2. The molecule has 0 atom stereocenters. The Morgan fingerprint density at radius 2 is 2.43 bits per heavy atom. The average molecular weight is 194 g/mol. The lowest BCUT2D eigenvalue weighted by molar-refractivity contribution is 0.261. The summed E-state index contributed by atoms with van der Waals surface area (Å²) >= 11 is 0. The molecule has 0 bridgehead atoms. The fraction of sp³-hybridized carbons (Fsp3) is 0. The Hall–Kier alpha value is -2.38. The van der Waals surface area contributed by atoms with Crippen LogP contribution in [-0.2, 0) is 0 Å². The van der Waals surface area contributed by atoms with Gasteiger partial charge in [0.05, 0.1) is 6.20 Å². The fourth-order valence-electron chi connectivity index (χ4n) is 0.797. The molecule has 0 unspecified atom stereocenters. The number of anilines is 2. The number of nitrogens with zero attached hydrogens (tertiary/aromatic N) is 3. The van der Waals surface area contributed by atoms with Crippen molar-refractivity contribution in [2.24, 2.45) is 0 Å². The van der Waals surface area contributed by atoms with Crippen LogP contribution in [0.3, 0.4) is 0 Å². The van der Waals surface area contributed by atoms with Crippen molar-refractivity contribution in [3.8, 4) is 0 Å². The third-order valence-electron chi connectivity index (χ3n) is 1.32. The smallest absolute Gasteiger partial charge is 0.328 e. The van der Waals surface area contributed by atoms with Gasteiger partial charge in [-0.2, -0.15) is 10.1 Å². The highest BCUT2D eigenvalue weighted by Crippen LogP contribution is 2.03. The standard InChI is InChI=1S/C6H6N6O2/c13-6(10-4-1-2-9-14-4)11-5-7-3-8-12-5/h1-3H,(H3,7,8,10,11,12,13). The Labute approximate surface area is 77.7 Å². The third-order valence-corrected chi connectivity index (χ3v) is 1.32. The van der Waals surface area contributed by atoms with Gasteiger partial charge in [0.1, 0.15) is 6.33 Å². The first kappa shape index (κ1) is 8.23. The van der Waals surface area contributed by atoms with Crippen molar-refractivity contribution in [2.75, 3.05) is 10.6 Å². The van der Waals surface area contributed by atoms with Crippen LogP contribution < -0.4 is 10.6 Å². The van der Waals surface area contributed by atoms with Gasteiger partial charge in [-0.05, 0) is 0 Å². The molecule has 0 spiro atoms. The highest BCUT2D eigenvalue weighted by atomic mass is 16.5. The first-order valence-corrected chi connectivity index (χ1v) is 3.68. The van der Waals surface area contributed by atoms with E-state index in [-0.39, 0.29) is 11.8 Å². The summed E-state index contributed by atoms with van der Waals surface area (Å²) in [4.78, 5) is 14.9. The first-order chi connectivity index (χ1) is 6.84. The van der Waals surface area contributed by atoms with Gasteiger partial charge in [-0.25, -0.2) is 9.89 Å². The molecule has 2 heterocycles. The number of H-pyrrole nitrogens is 1. The van der Waals surface area contributed by atoms with Gasteiger partial charge >= 0.3 is 6.03 Å². The Morgan fingerprint density at radius 3 is 3.07 bits per heavy atom. The van der Waals surface area contributed by atoms with E-state index in [1.165, 1.54) is 18.6 Å². The summed E-state index contributed by atoms with van der Waals surface area (Å²) in [7, 11) is 0. The van der Waals surface area contributed by atoms with Crippen molar-refractivity contribution in [3.05, 3.63) is 18.6 Å². The molecular formula is C6H6N6O2. The van der Waals surface area contributed by atoms with Crippen molar-refractivity contribution in [2.45, 2.75) is 0 Å². The van der Waals surface area contributed by atoms with E-state index >= 15 is 0 Å². The molecule has 14 heavy (non-hydrogen) atoms. The SMILES string of the molecule is O=C(Nc1ncn[nH]1)Nc1ccno1. The molecule has 0 saturated carbocycles. The van der Waals surface area contributed by atoms with Crippen LogP contribution in [0.2, 0.25) is 0 Å². The quantitative estimate of drug-likeness (QED) is 0.642. The van der Waals surface area contributed by atoms with Gasteiger partial charge in [-0.15, -0.1) is 0 Å². The summed E-state index contributed by atoms with van der Waals surface area (Å²) in [5, 5.41) is 14.2. The molecule has 3 N–H and O–H groups in total. The van der Waals surface area contributed by atoms with Gasteiger partial charge in [0.25, 0.3) is 0 Å². The molecular weight excluding hydrogens is 188 g/mol. The van der Waals surface area contributed by atoms with Crippen LogP contribution in [-0.4, -0.2) is 26.4 Å². The highest BCUT2D eigenvalue weighted by Gasteiger charge is 2.05. The number of urea groups is 1. The number of hydrogen-bond acceptors (Lipinski definition) is 5. The van der Waals surface area contributed by atoms with Crippen molar-refractivity contribution >= 4 is 17.9 Å². The van der Waals surface area contributed by atoms with Gasteiger partial charge in [0.2, 0.25) is 11.8 Å². The monoisotopic (exact) mass is 194 g/mol. The normalized spacial score (nSPS) is 9.71. The summed E-state index contributed by atoms with van der Waals surface area (Å²) in [5.41, 5.74) is 0. The van der Waals surface area contributed by atoms with Gasteiger partial charge in [0, 0.05) is 6.07 Å². The number of aromatic amines is 1. The molecule has 0 aromatic carbocycles. The van der Waals surface area contributed by atoms with E-state index in [4.69, 9.17) is 0 Å². The van der Waals surface area contributed by atoms with Crippen LogP contribution in [0.25, 0.3) is 0 Å². The van der Waals surface area contributed by atoms with Crippen molar-refractivity contribution in [1.29, 1.82) is 0 Å². The third kappa shape index (κ3) is 1.86. The number of carbonyl (C=O) groups is 1. The molecule has 0 aliphatic carbocycles. The lowest BCUT2D eigenvalue weighted by Gasteiger charge is -1.99. The zero-order chi connectivity index (χ0) is 9.80.